The van der Waals surface area contributed by atoms with Crippen LogP contribution in [-0.2, 0) is 16.4 Å². The molecule has 1 amide bonds. The van der Waals surface area contributed by atoms with Gasteiger partial charge in [-0.25, -0.2) is 8.42 Å². The average Bonchev–Trinajstić information content (AvgIpc) is 2.79. The molecule has 0 bridgehead atoms. The number of hydrogen-bond donors (Lipinski definition) is 2. The molecule has 1 aliphatic heterocycles. The number of hydrogen-bond acceptors (Lipinski definition) is 5. The number of para-hydroxylation sites is 2. The van der Waals surface area contributed by atoms with Gasteiger partial charge in [-0.05, 0) is 54.8 Å². The highest BCUT2D eigenvalue weighted by molar-refractivity contribution is 7.92. The van der Waals surface area contributed by atoms with Gasteiger partial charge in [-0.1, -0.05) is 30.3 Å². The minimum atomic E-state index is -3.78. The Kier molecular flexibility index (Phi) is 5.56. The van der Waals surface area contributed by atoms with Crippen LogP contribution in [0.15, 0.2) is 71.6 Å². The highest BCUT2D eigenvalue weighted by Gasteiger charge is 2.29. The zero-order valence-electron chi connectivity index (χ0n) is 17.0. The molecule has 3 aromatic carbocycles. The van der Waals surface area contributed by atoms with Crippen LogP contribution in [0.25, 0.3) is 0 Å². The van der Waals surface area contributed by atoms with E-state index in [1.165, 1.54) is 23.5 Å². The normalized spacial score (nSPS) is 13.4. The van der Waals surface area contributed by atoms with Crippen molar-refractivity contribution in [2.75, 3.05) is 29.0 Å². The predicted octanol–water partition coefficient (Wildman–Crippen LogP) is 3.67. The van der Waals surface area contributed by atoms with Gasteiger partial charge >= 0.3 is 0 Å². The third-order valence-electron chi connectivity index (χ3n) is 5.28. The van der Waals surface area contributed by atoms with Crippen molar-refractivity contribution in [3.63, 3.8) is 0 Å². The summed E-state index contributed by atoms with van der Waals surface area (Å²) in [4.78, 5) is 12.8. The molecule has 0 fully saturated rings. The number of carbonyl (C=O) groups is 1. The number of nitrogen functional groups attached to an aromatic ring is 1. The zero-order chi connectivity index (χ0) is 22.0. The number of ether oxygens (including phenoxy) is 1. The number of amides is 1. The Morgan fingerprint density at radius 2 is 1.84 bits per heavy atom. The lowest BCUT2D eigenvalue weighted by Gasteiger charge is -2.30. The third kappa shape index (κ3) is 3.94. The second-order valence-electron chi connectivity index (χ2n) is 7.21. The molecule has 0 atom stereocenters. The van der Waals surface area contributed by atoms with E-state index in [1.807, 2.05) is 24.3 Å². The lowest BCUT2D eigenvalue weighted by Crippen LogP contribution is -2.35. The lowest BCUT2D eigenvalue weighted by atomic mass is 10.0. The van der Waals surface area contributed by atoms with E-state index >= 15 is 0 Å². The molecule has 8 heteroatoms. The molecule has 1 aliphatic rings. The van der Waals surface area contributed by atoms with E-state index in [0.717, 1.165) is 18.4 Å². The van der Waals surface area contributed by atoms with Crippen molar-refractivity contribution in [3.8, 4) is 5.75 Å². The highest BCUT2D eigenvalue weighted by atomic mass is 32.2. The number of benzene rings is 3. The topological polar surface area (TPSA) is 102 Å². The van der Waals surface area contributed by atoms with Crippen LogP contribution >= 0.6 is 0 Å². The third-order valence-corrected chi connectivity index (χ3v) is 7.09. The van der Waals surface area contributed by atoms with Gasteiger partial charge in [0, 0.05) is 12.2 Å². The van der Waals surface area contributed by atoms with E-state index in [4.69, 9.17) is 10.5 Å². The summed E-state index contributed by atoms with van der Waals surface area (Å²) in [7, 11) is -2.31. The van der Waals surface area contributed by atoms with E-state index in [2.05, 4.69) is 5.32 Å². The van der Waals surface area contributed by atoms with Gasteiger partial charge < -0.3 is 15.8 Å². The van der Waals surface area contributed by atoms with Gasteiger partial charge in [0.25, 0.3) is 15.9 Å². The first-order valence-electron chi connectivity index (χ1n) is 9.86. The van der Waals surface area contributed by atoms with Crippen LogP contribution in [0.2, 0.25) is 0 Å². The fourth-order valence-electron chi connectivity index (χ4n) is 3.73. The number of nitrogens with one attached hydrogen (secondary N) is 1. The largest absolute Gasteiger partial charge is 0.495 e. The Morgan fingerprint density at radius 1 is 1.06 bits per heavy atom. The van der Waals surface area contributed by atoms with Gasteiger partial charge in [-0.3, -0.25) is 9.10 Å². The number of sulfonamides is 1. The first kappa shape index (κ1) is 20.7. The number of nitrogens with zero attached hydrogens (tertiary/aromatic N) is 1. The first-order chi connectivity index (χ1) is 14.9. The molecule has 160 valence electrons. The van der Waals surface area contributed by atoms with Crippen molar-refractivity contribution in [1.29, 1.82) is 0 Å². The minimum absolute atomic E-state index is 0.112. The summed E-state index contributed by atoms with van der Waals surface area (Å²) in [6, 6.07) is 18.7. The van der Waals surface area contributed by atoms with Crippen molar-refractivity contribution in [3.05, 3.63) is 77.9 Å². The van der Waals surface area contributed by atoms with E-state index in [0.29, 0.717) is 23.7 Å². The van der Waals surface area contributed by atoms with Crippen LogP contribution in [0, 0.1) is 0 Å². The molecule has 0 unspecified atom stereocenters. The van der Waals surface area contributed by atoms with Crippen molar-refractivity contribution in [2.24, 2.45) is 0 Å². The standard InChI is InChI=1S/C23H23N3O4S/c1-30-21-13-5-11-19(22(21)24)23(27)25-17-9-4-10-18(15-17)31(28,29)26-14-6-8-16-7-2-3-12-20(16)26/h2-5,7,9-13,15H,6,8,14,24H2,1H3,(H,25,27). The Balaban J connectivity index is 1.63. The van der Waals surface area contributed by atoms with Crippen molar-refractivity contribution >= 4 is 33.0 Å². The smallest absolute Gasteiger partial charge is 0.264 e. The molecule has 3 aromatic rings. The summed E-state index contributed by atoms with van der Waals surface area (Å²) in [6.45, 7) is 0.413. The summed E-state index contributed by atoms with van der Waals surface area (Å²) in [5, 5.41) is 2.73. The molecule has 0 radical (unpaired) electrons. The number of aryl methyl sites for hydroxylation is 1. The Morgan fingerprint density at radius 3 is 2.65 bits per heavy atom. The number of anilines is 3. The monoisotopic (exact) mass is 437 g/mol. The highest BCUT2D eigenvalue weighted by Crippen LogP contribution is 2.32. The first-order valence-corrected chi connectivity index (χ1v) is 11.3. The molecule has 4 rings (SSSR count). The van der Waals surface area contributed by atoms with E-state index in [9.17, 15) is 13.2 Å². The van der Waals surface area contributed by atoms with Gasteiger partial charge in [0.15, 0.2) is 0 Å². The molecule has 3 N–H and O–H groups in total. The maximum atomic E-state index is 13.4. The maximum Gasteiger partial charge on any atom is 0.264 e. The number of carbonyl (C=O) groups excluding carboxylic acids is 1. The molecule has 0 saturated carbocycles. The summed E-state index contributed by atoms with van der Waals surface area (Å²) < 4.78 is 33.3. The molecule has 7 nitrogen and oxygen atoms in total. The number of nitrogens with two attached hydrogens (primary N) is 1. The molecule has 0 saturated heterocycles. The Labute approximate surface area is 181 Å². The van der Waals surface area contributed by atoms with Crippen molar-refractivity contribution in [2.45, 2.75) is 17.7 Å². The van der Waals surface area contributed by atoms with Gasteiger partial charge in [0.1, 0.15) is 5.75 Å². The van der Waals surface area contributed by atoms with Gasteiger partial charge in [-0.15, -0.1) is 0 Å². The van der Waals surface area contributed by atoms with Crippen molar-refractivity contribution in [1.82, 2.24) is 0 Å². The second-order valence-corrected chi connectivity index (χ2v) is 9.08. The molecule has 0 spiro atoms. The lowest BCUT2D eigenvalue weighted by molar-refractivity contribution is 0.102. The molecule has 0 aliphatic carbocycles. The minimum Gasteiger partial charge on any atom is -0.495 e. The summed E-state index contributed by atoms with van der Waals surface area (Å²) in [5.41, 5.74) is 8.54. The fourth-order valence-corrected chi connectivity index (χ4v) is 5.32. The zero-order valence-corrected chi connectivity index (χ0v) is 17.9. The van der Waals surface area contributed by atoms with E-state index in [-0.39, 0.29) is 16.1 Å². The number of fused-ring (bicyclic) bond motifs is 1. The quantitative estimate of drug-likeness (QED) is 0.593. The van der Waals surface area contributed by atoms with Crippen LogP contribution in [0.1, 0.15) is 22.3 Å². The van der Waals surface area contributed by atoms with Gasteiger partial charge in [0.2, 0.25) is 0 Å². The molecular formula is C23H23N3O4S. The molecule has 31 heavy (non-hydrogen) atoms. The van der Waals surface area contributed by atoms with Crippen LogP contribution in [0.4, 0.5) is 17.1 Å². The number of rotatable bonds is 5. The van der Waals surface area contributed by atoms with Crippen LogP contribution in [-0.4, -0.2) is 28.0 Å². The van der Waals surface area contributed by atoms with Gasteiger partial charge in [0.05, 0.1) is 28.9 Å². The Bertz CT molecular complexity index is 1240. The average molecular weight is 438 g/mol. The number of methoxy groups -OCH3 is 1. The molecule has 0 aromatic heterocycles. The van der Waals surface area contributed by atoms with Crippen LogP contribution < -0.4 is 20.1 Å². The van der Waals surface area contributed by atoms with E-state index in [1.54, 1.807) is 30.3 Å². The predicted molar refractivity (Wildman–Crippen MR) is 121 cm³/mol. The summed E-state index contributed by atoms with van der Waals surface area (Å²) >= 11 is 0. The SMILES string of the molecule is COc1cccc(C(=O)Nc2cccc(S(=O)(=O)N3CCCc4ccccc43)c2)c1N. The van der Waals surface area contributed by atoms with Gasteiger partial charge in [-0.2, -0.15) is 0 Å². The van der Waals surface area contributed by atoms with Crippen molar-refractivity contribution < 1.29 is 17.9 Å². The van der Waals surface area contributed by atoms with E-state index < -0.39 is 15.9 Å². The second kappa shape index (κ2) is 8.31. The van der Waals surface area contributed by atoms with Crippen LogP contribution in [0.5, 0.6) is 5.75 Å². The summed E-state index contributed by atoms with van der Waals surface area (Å²) in [6.07, 6.45) is 1.60. The van der Waals surface area contributed by atoms with Crippen LogP contribution in [0.3, 0.4) is 0 Å². The maximum absolute atomic E-state index is 13.4. The summed E-state index contributed by atoms with van der Waals surface area (Å²) in [5.74, 6) is -0.0537. The fraction of sp³-hybridized carbons (Fsp3) is 0.174. The molecular weight excluding hydrogens is 414 g/mol. The Hall–Kier alpha value is -3.52. The molecule has 1 heterocycles.